The van der Waals surface area contributed by atoms with Crippen molar-refractivity contribution >= 4 is 22.6 Å². The zero-order valence-electron chi connectivity index (χ0n) is 12.8. The van der Waals surface area contributed by atoms with Gasteiger partial charge in [-0.05, 0) is 12.1 Å². The number of piperazine rings is 1. The van der Waals surface area contributed by atoms with Crippen molar-refractivity contribution in [2.24, 2.45) is 0 Å². The van der Waals surface area contributed by atoms with Gasteiger partial charge in [0.1, 0.15) is 11.3 Å². The maximum absolute atomic E-state index is 13.9. The van der Waals surface area contributed by atoms with Crippen LogP contribution in [0.1, 0.15) is 0 Å². The van der Waals surface area contributed by atoms with Crippen molar-refractivity contribution in [3.8, 4) is 0 Å². The van der Waals surface area contributed by atoms with Crippen LogP contribution in [0.25, 0.3) is 10.9 Å². The highest BCUT2D eigenvalue weighted by atomic mass is 19.1. The molecule has 0 N–H and O–H groups in total. The smallest absolute Gasteiger partial charge is 0.319 e. The minimum absolute atomic E-state index is 0.0327. The maximum atomic E-state index is 13.9. The number of para-hydroxylation sites is 1. The summed E-state index contributed by atoms with van der Waals surface area (Å²) < 4.78 is 13.9. The predicted octanol–water partition coefficient (Wildman–Crippen LogP) is 2.18. The van der Waals surface area contributed by atoms with Gasteiger partial charge in [-0.1, -0.05) is 12.1 Å². The Morgan fingerprint density at radius 2 is 1.91 bits per heavy atom. The lowest BCUT2D eigenvalue weighted by Gasteiger charge is -2.37. The summed E-state index contributed by atoms with van der Waals surface area (Å²) in [7, 11) is 3.52. The van der Waals surface area contributed by atoms with Crippen molar-refractivity contribution in [1.29, 1.82) is 0 Å². The first-order valence-electron chi connectivity index (χ1n) is 7.32. The molecule has 1 aliphatic heterocycles. The summed E-state index contributed by atoms with van der Waals surface area (Å²) in [6, 6.07) is 6.95. The number of benzene rings is 1. The van der Waals surface area contributed by atoms with E-state index in [4.69, 9.17) is 0 Å². The van der Waals surface area contributed by atoms with E-state index >= 15 is 0 Å². The van der Waals surface area contributed by atoms with Gasteiger partial charge in [0, 0.05) is 57.5 Å². The largest absolute Gasteiger partial charge is 0.367 e. The van der Waals surface area contributed by atoms with Gasteiger partial charge in [0.15, 0.2) is 0 Å². The average Bonchev–Trinajstić information content (AvgIpc) is 2.54. The van der Waals surface area contributed by atoms with E-state index in [0.717, 1.165) is 24.2 Å². The van der Waals surface area contributed by atoms with Crippen LogP contribution in [-0.4, -0.2) is 61.1 Å². The molecule has 2 heterocycles. The summed E-state index contributed by atoms with van der Waals surface area (Å²) in [4.78, 5) is 21.7. The molecule has 0 atom stereocenters. The van der Waals surface area contributed by atoms with Crippen molar-refractivity contribution in [3.05, 3.63) is 36.3 Å². The molecule has 1 aromatic heterocycles. The zero-order valence-corrected chi connectivity index (χ0v) is 12.8. The molecule has 0 bridgehead atoms. The molecule has 1 saturated heterocycles. The lowest BCUT2D eigenvalue weighted by atomic mass is 10.1. The van der Waals surface area contributed by atoms with Crippen LogP contribution in [0.5, 0.6) is 0 Å². The summed E-state index contributed by atoms with van der Waals surface area (Å²) in [5.74, 6) is -0.305. The van der Waals surface area contributed by atoms with Crippen molar-refractivity contribution in [2.75, 3.05) is 45.2 Å². The number of carbonyl (C=O) groups is 1. The van der Waals surface area contributed by atoms with E-state index in [1.807, 2.05) is 17.0 Å². The first kappa shape index (κ1) is 14.6. The Labute approximate surface area is 128 Å². The van der Waals surface area contributed by atoms with Crippen LogP contribution in [0.15, 0.2) is 30.5 Å². The number of pyridine rings is 1. The normalized spacial score (nSPS) is 15.2. The van der Waals surface area contributed by atoms with E-state index in [0.29, 0.717) is 18.6 Å². The molecule has 1 aliphatic rings. The summed E-state index contributed by atoms with van der Waals surface area (Å²) in [5, 5.41) is 0.815. The van der Waals surface area contributed by atoms with E-state index in [1.165, 1.54) is 6.07 Å². The van der Waals surface area contributed by atoms with Crippen LogP contribution in [0.4, 0.5) is 14.9 Å². The highest BCUT2D eigenvalue weighted by Gasteiger charge is 2.23. The standard InChI is InChI=1S/C16H19FN4O/c1-19(2)16(22)21-10-8-20(9-11-21)14-6-7-18-15-12(14)4-3-5-13(15)17/h3-7H,8-11H2,1-2H3. The molecule has 1 fully saturated rings. The second-order valence-electron chi connectivity index (χ2n) is 5.62. The number of hydrogen-bond donors (Lipinski definition) is 0. The van der Waals surface area contributed by atoms with Crippen LogP contribution in [0, 0.1) is 5.82 Å². The zero-order chi connectivity index (χ0) is 15.7. The lowest BCUT2D eigenvalue weighted by molar-refractivity contribution is 0.168. The molecule has 1 aromatic carbocycles. The molecule has 0 aliphatic carbocycles. The quantitative estimate of drug-likeness (QED) is 0.810. The Balaban J connectivity index is 1.83. The number of carbonyl (C=O) groups excluding carboxylic acids is 1. The monoisotopic (exact) mass is 302 g/mol. The average molecular weight is 302 g/mol. The number of rotatable bonds is 1. The van der Waals surface area contributed by atoms with Gasteiger partial charge < -0.3 is 14.7 Å². The molecule has 2 amide bonds. The second kappa shape index (κ2) is 5.79. The number of hydrogen-bond acceptors (Lipinski definition) is 3. The Hall–Kier alpha value is -2.37. The van der Waals surface area contributed by atoms with Gasteiger partial charge in [-0.25, -0.2) is 9.18 Å². The molecule has 116 valence electrons. The summed E-state index contributed by atoms with van der Waals surface area (Å²) in [6.07, 6.45) is 1.64. The molecule has 5 nitrogen and oxygen atoms in total. The van der Waals surface area contributed by atoms with Gasteiger partial charge >= 0.3 is 6.03 Å². The topological polar surface area (TPSA) is 39.7 Å². The molecule has 0 saturated carbocycles. The van der Waals surface area contributed by atoms with Crippen molar-refractivity contribution in [1.82, 2.24) is 14.8 Å². The Morgan fingerprint density at radius 3 is 2.59 bits per heavy atom. The van der Waals surface area contributed by atoms with Crippen LogP contribution < -0.4 is 4.90 Å². The number of fused-ring (bicyclic) bond motifs is 1. The van der Waals surface area contributed by atoms with Crippen LogP contribution in [-0.2, 0) is 0 Å². The third-order valence-electron chi connectivity index (χ3n) is 3.97. The second-order valence-corrected chi connectivity index (χ2v) is 5.62. The van der Waals surface area contributed by atoms with Crippen molar-refractivity contribution in [3.63, 3.8) is 0 Å². The van der Waals surface area contributed by atoms with E-state index in [9.17, 15) is 9.18 Å². The highest BCUT2D eigenvalue weighted by Crippen LogP contribution is 2.27. The molecular weight excluding hydrogens is 283 g/mol. The predicted molar refractivity (Wildman–Crippen MR) is 84.6 cm³/mol. The van der Waals surface area contributed by atoms with Gasteiger partial charge in [0.05, 0.1) is 0 Å². The fourth-order valence-electron chi connectivity index (χ4n) is 2.82. The van der Waals surface area contributed by atoms with Gasteiger partial charge in [0.2, 0.25) is 0 Å². The van der Waals surface area contributed by atoms with Crippen LogP contribution in [0.3, 0.4) is 0 Å². The summed E-state index contributed by atoms with van der Waals surface area (Å²) in [6.45, 7) is 2.79. The van der Waals surface area contributed by atoms with E-state index in [-0.39, 0.29) is 11.8 Å². The number of halogens is 1. The summed E-state index contributed by atoms with van der Waals surface area (Å²) >= 11 is 0. The molecule has 6 heteroatoms. The number of nitrogens with zero attached hydrogens (tertiary/aromatic N) is 4. The van der Waals surface area contributed by atoms with Crippen LogP contribution >= 0.6 is 0 Å². The maximum Gasteiger partial charge on any atom is 0.319 e. The van der Waals surface area contributed by atoms with Gasteiger partial charge in [-0.3, -0.25) is 4.98 Å². The SMILES string of the molecule is CN(C)C(=O)N1CCN(c2ccnc3c(F)cccc23)CC1. The Kier molecular flexibility index (Phi) is 3.83. The van der Waals surface area contributed by atoms with E-state index < -0.39 is 0 Å². The minimum atomic E-state index is -0.305. The van der Waals surface area contributed by atoms with Gasteiger partial charge in [-0.2, -0.15) is 0 Å². The van der Waals surface area contributed by atoms with E-state index in [2.05, 4.69) is 9.88 Å². The van der Waals surface area contributed by atoms with Crippen molar-refractivity contribution < 1.29 is 9.18 Å². The first-order chi connectivity index (χ1) is 10.6. The molecular formula is C16H19FN4O. The number of aromatic nitrogens is 1. The lowest BCUT2D eigenvalue weighted by Crippen LogP contribution is -2.51. The Bertz CT molecular complexity index is 696. The van der Waals surface area contributed by atoms with Crippen molar-refractivity contribution in [2.45, 2.75) is 0 Å². The summed E-state index contributed by atoms with van der Waals surface area (Å²) in [5.41, 5.74) is 1.37. The fourth-order valence-corrected chi connectivity index (χ4v) is 2.82. The number of amides is 2. The third-order valence-corrected chi connectivity index (χ3v) is 3.97. The van der Waals surface area contributed by atoms with Crippen LogP contribution in [0.2, 0.25) is 0 Å². The molecule has 0 radical (unpaired) electrons. The van der Waals surface area contributed by atoms with E-state index in [1.54, 1.807) is 31.3 Å². The number of anilines is 1. The first-order valence-corrected chi connectivity index (χ1v) is 7.32. The number of urea groups is 1. The molecule has 0 unspecified atom stereocenters. The molecule has 2 aromatic rings. The highest BCUT2D eigenvalue weighted by molar-refractivity contribution is 5.92. The van der Waals surface area contributed by atoms with Gasteiger partial charge in [0.25, 0.3) is 0 Å². The molecule has 22 heavy (non-hydrogen) atoms. The van der Waals surface area contributed by atoms with Gasteiger partial charge in [-0.15, -0.1) is 0 Å². The Morgan fingerprint density at radius 1 is 1.18 bits per heavy atom. The fraction of sp³-hybridized carbons (Fsp3) is 0.375. The molecule has 0 spiro atoms. The minimum Gasteiger partial charge on any atom is -0.367 e. The molecule has 3 rings (SSSR count). The third kappa shape index (κ3) is 2.56.